The third-order valence-electron chi connectivity index (χ3n) is 11.4. The van der Waals surface area contributed by atoms with Crippen molar-refractivity contribution in [3.8, 4) is 0 Å². The molecule has 204 valence electrons. The minimum absolute atomic E-state index is 0.0383. The summed E-state index contributed by atoms with van der Waals surface area (Å²) in [4.78, 5) is 12.7. The molecule has 0 aromatic heterocycles. The standard InChI is InChI=1S/C34H50O3/c1-22(2)10-9-11-23(3)27-14-15-28-31-29(17-19-34(27,28)5)33(4)18-16-26(20-25(33)21-30(31)35)37-32(36)24-12-7-6-8-13-24/h6-8,12-13,22-23,25-27,29-30,35H,9-11,14-21H2,1-5H3/t23-,25-,26+,27-,29+,30-,33+,34-/m1/s1. The first-order valence-electron chi connectivity index (χ1n) is 15.3. The van der Waals surface area contributed by atoms with Crippen LogP contribution >= 0.6 is 0 Å². The monoisotopic (exact) mass is 506 g/mol. The number of hydrogen-bond acceptors (Lipinski definition) is 3. The number of rotatable bonds is 7. The highest BCUT2D eigenvalue weighted by Crippen LogP contribution is 2.66. The van der Waals surface area contributed by atoms with Crippen LogP contribution in [0, 0.1) is 40.4 Å². The number of aliphatic hydroxyl groups is 1. The predicted molar refractivity (Wildman–Crippen MR) is 150 cm³/mol. The van der Waals surface area contributed by atoms with Crippen LogP contribution < -0.4 is 0 Å². The first-order valence-corrected chi connectivity index (χ1v) is 15.3. The van der Waals surface area contributed by atoms with Crippen molar-refractivity contribution in [3.05, 3.63) is 47.0 Å². The molecule has 3 saturated carbocycles. The molecule has 3 heteroatoms. The average molecular weight is 507 g/mol. The highest BCUT2D eigenvalue weighted by molar-refractivity contribution is 5.89. The van der Waals surface area contributed by atoms with Gasteiger partial charge in [0.25, 0.3) is 0 Å². The Bertz CT molecular complexity index is 996. The second-order valence-electron chi connectivity index (χ2n) is 14.0. The fourth-order valence-electron chi connectivity index (χ4n) is 9.33. The second-order valence-corrected chi connectivity index (χ2v) is 14.0. The summed E-state index contributed by atoms with van der Waals surface area (Å²) in [6, 6.07) is 9.36. The van der Waals surface area contributed by atoms with Crippen LogP contribution in [-0.2, 0) is 4.74 Å². The van der Waals surface area contributed by atoms with Crippen molar-refractivity contribution in [1.82, 2.24) is 0 Å². The summed E-state index contributed by atoms with van der Waals surface area (Å²) in [6.45, 7) is 12.2. The van der Waals surface area contributed by atoms with E-state index in [1.54, 1.807) is 5.57 Å². The number of ether oxygens (including phenoxy) is 1. The van der Waals surface area contributed by atoms with Gasteiger partial charge in [-0.2, -0.15) is 0 Å². The number of carbonyl (C=O) groups excluding carboxylic acids is 1. The molecule has 0 unspecified atom stereocenters. The van der Waals surface area contributed by atoms with Gasteiger partial charge in [-0.1, -0.05) is 77.7 Å². The normalized spacial score (nSPS) is 38.1. The van der Waals surface area contributed by atoms with Crippen molar-refractivity contribution in [2.24, 2.45) is 40.4 Å². The van der Waals surface area contributed by atoms with Crippen LogP contribution in [0.3, 0.4) is 0 Å². The van der Waals surface area contributed by atoms with E-state index in [2.05, 4.69) is 34.6 Å². The van der Waals surface area contributed by atoms with E-state index >= 15 is 0 Å². The lowest BCUT2D eigenvalue weighted by Gasteiger charge is -2.58. The average Bonchev–Trinajstić information content (AvgIpc) is 3.22. The molecule has 0 spiro atoms. The Labute approximate surface area is 225 Å². The van der Waals surface area contributed by atoms with Gasteiger partial charge in [-0.05, 0) is 109 Å². The molecule has 3 fully saturated rings. The molecule has 4 aliphatic rings. The van der Waals surface area contributed by atoms with E-state index in [0.29, 0.717) is 17.4 Å². The van der Waals surface area contributed by atoms with Gasteiger partial charge in [-0.3, -0.25) is 0 Å². The van der Waals surface area contributed by atoms with Gasteiger partial charge >= 0.3 is 5.97 Å². The van der Waals surface area contributed by atoms with Gasteiger partial charge in [0.1, 0.15) is 6.10 Å². The maximum absolute atomic E-state index is 12.7. The SMILES string of the molecule is CC(C)CCC[C@@H](C)[C@H]1CCC2=C3[C@H](O)C[C@H]4C[C@@H](OC(=O)c5ccccc5)CC[C@]4(C)[C@H]3CC[C@@]21C. The molecule has 0 radical (unpaired) electrons. The van der Waals surface area contributed by atoms with Crippen LogP contribution in [0.2, 0.25) is 0 Å². The second kappa shape index (κ2) is 10.5. The molecule has 5 rings (SSSR count). The Morgan fingerprint density at radius 2 is 1.78 bits per heavy atom. The molecule has 0 saturated heterocycles. The summed E-state index contributed by atoms with van der Waals surface area (Å²) < 4.78 is 5.98. The summed E-state index contributed by atoms with van der Waals surface area (Å²) in [7, 11) is 0. The van der Waals surface area contributed by atoms with E-state index in [9.17, 15) is 9.90 Å². The Morgan fingerprint density at radius 1 is 1.03 bits per heavy atom. The van der Waals surface area contributed by atoms with Gasteiger partial charge in [0, 0.05) is 0 Å². The quantitative estimate of drug-likeness (QED) is 0.298. The smallest absolute Gasteiger partial charge is 0.338 e. The summed E-state index contributed by atoms with van der Waals surface area (Å²) in [5.41, 5.74) is 4.21. The molecule has 0 bridgehead atoms. The van der Waals surface area contributed by atoms with E-state index in [1.165, 1.54) is 50.5 Å². The van der Waals surface area contributed by atoms with Crippen molar-refractivity contribution in [2.75, 3.05) is 0 Å². The molecule has 1 aromatic carbocycles. The topological polar surface area (TPSA) is 46.5 Å². The lowest BCUT2D eigenvalue weighted by molar-refractivity contribution is -0.0726. The number of esters is 1. The van der Waals surface area contributed by atoms with Crippen LogP contribution in [-0.4, -0.2) is 23.3 Å². The zero-order valence-corrected chi connectivity index (χ0v) is 24.0. The first-order chi connectivity index (χ1) is 17.6. The molecular weight excluding hydrogens is 456 g/mol. The highest BCUT2D eigenvalue weighted by Gasteiger charge is 2.58. The predicted octanol–water partition coefficient (Wildman–Crippen LogP) is 8.37. The van der Waals surface area contributed by atoms with Crippen LogP contribution in [0.4, 0.5) is 0 Å². The zero-order chi connectivity index (χ0) is 26.4. The Balaban J connectivity index is 1.31. The number of carbonyl (C=O) groups is 1. The molecule has 8 atom stereocenters. The van der Waals surface area contributed by atoms with Crippen molar-refractivity contribution in [3.63, 3.8) is 0 Å². The van der Waals surface area contributed by atoms with E-state index in [0.717, 1.165) is 43.4 Å². The van der Waals surface area contributed by atoms with Crippen molar-refractivity contribution >= 4 is 5.97 Å². The summed E-state index contributed by atoms with van der Waals surface area (Å²) in [6.07, 6.45) is 12.4. The molecule has 1 aromatic rings. The molecule has 0 aliphatic heterocycles. The lowest BCUT2D eigenvalue weighted by atomic mass is 9.48. The summed E-state index contributed by atoms with van der Waals surface area (Å²) in [5, 5.41) is 11.6. The molecule has 3 nitrogen and oxygen atoms in total. The van der Waals surface area contributed by atoms with Crippen molar-refractivity contribution < 1.29 is 14.6 Å². The molecule has 4 aliphatic carbocycles. The van der Waals surface area contributed by atoms with E-state index in [-0.39, 0.29) is 29.0 Å². The number of benzene rings is 1. The third-order valence-corrected chi connectivity index (χ3v) is 11.4. The number of allylic oxidation sites excluding steroid dienone is 1. The van der Waals surface area contributed by atoms with Crippen LogP contribution in [0.5, 0.6) is 0 Å². The van der Waals surface area contributed by atoms with Gasteiger partial charge in [0.15, 0.2) is 0 Å². The summed E-state index contributed by atoms with van der Waals surface area (Å²) in [5.74, 6) is 3.01. The van der Waals surface area contributed by atoms with Crippen LogP contribution in [0.25, 0.3) is 0 Å². The van der Waals surface area contributed by atoms with E-state index < -0.39 is 0 Å². The Kier molecular flexibility index (Phi) is 7.66. The van der Waals surface area contributed by atoms with Gasteiger partial charge in [-0.15, -0.1) is 0 Å². The summed E-state index contributed by atoms with van der Waals surface area (Å²) >= 11 is 0. The molecule has 0 heterocycles. The molecule has 37 heavy (non-hydrogen) atoms. The number of fused-ring (bicyclic) bond motifs is 4. The molecular formula is C34H50O3. The zero-order valence-electron chi connectivity index (χ0n) is 24.0. The van der Waals surface area contributed by atoms with Crippen molar-refractivity contribution in [2.45, 2.75) is 117 Å². The van der Waals surface area contributed by atoms with Gasteiger partial charge in [0.2, 0.25) is 0 Å². The van der Waals surface area contributed by atoms with Gasteiger partial charge in [-0.25, -0.2) is 4.79 Å². The molecule has 1 N–H and O–H groups in total. The van der Waals surface area contributed by atoms with Crippen LogP contribution in [0.1, 0.15) is 116 Å². The number of hydrogen-bond donors (Lipinski definition) is 1. The van der Waals surface area contributed by atoms with E-state index in [1.807, 2.05) is 30.3 Å². The highest BCUT2D eigenvalue weighted by atomic mass is 16.5. The van der Waals surface area contributed by atoms with Crippen LogP contribution in [0.15, 0.2) is 41.5 Å². The lowest BCUT2D eigenvalue weighted by Crippen LogP contribution is -2.52. The van der Waals surface area contributed by atoms with Gasteiger partial charge < -0.3 is 9.84 Å². The van der Waals surface area contributed by atoms with Gasteiger partial charge in [0.05, 0.1) is 11.7 Å². The third kappa shape index (κ3) is 4.95. The molecule has 0 amide bonds. The fraction of sp³-hybridized carbons (Fsp3) is 0.735. The fourth-order valence-corrected chi connectivity index (χ4v) is 9.33. The maximum atomic E-state index is 12.7. The first kappa shape index (κ1) is 27.0. The Hall–Kier alpha value is -1.61. The van der Waals surface area contributed by atoms with Crippen molar-refractivity contribution in [1.29, 1.82) is 0 Å². The minimum atomic E-state index is -0.323. The minimum Gasteiger partial charge on any atom is -0.459 e. The van der Waals surface area contributed by atoms with E-state index in [4.69, 9.17) is 4.74 Å². The Morgan fingerprint density at radius 3 is 2.51 bits per heavy atom. The largest absolute Gasteiger partial charge is 0.459 e. The number of aliphatic hydroxyl groups excluding tert-OH is 1. The maximum Gasteiger partial charge on any atom is 0.338 e.